The number of hydrogen-bond donors (Lipinski definition) is 2. The Hall–Kier alpha value is -1.80. The lowest BCUT2D eigenvalue weighted by atomic mass is 10.0. The Morgan fingerprint density at radius 3 is 1.93 bits per heavy atom. The molecule has 0 amide bonds. The van der Waals surface area contributed by atoms with E-state index in [1.807, 2.05) is 0 Å². The lowest BCUT2D eigenvalue weighted by Crippen LogP contribution is -2.51. The third kappa shape index (κ3) is 5.13. The first-order chi connectivity index (χ1) is 12.5. The van der Waals surface area contributed by atoms with Crippen molar-refractivity contribution < 1.29 is 17.9 Å². The highest BCUT2D eigenvalue weighted by molar-refractivity contribution is 7.89. The molecule has 3 N–H and O–H groups in total. The first-order valence-corrected chi connectivity index (χ1v) is 10.1. The highest BCUT2D eigenvalue weighted by Gasteiger charge is 2.36. The van der Waals surface area contributed by atoms with Gasteiger partial charge in [-0.2, -0.15) is 0 Å². The summed E-state index contributed by atoms with van der Waals surface area (Å²) >= 11 is 0. The molecular formula is C19H25ClN2O4S. The van der Waals surface area contributed by atoms with Crippen LogP contribution in [0.4, 0.5) is 0 Å². The molecule has 0 heterocycles. The summed E-state index contributed by atoms with van der Waals surface area (Å²) < 4.78 is 39.0. The number of rotatable bonds is 7. The lowest BCUT2D eigenvalue weighted by Gasteiger charge is -2.28. The molecule has 0 radical (unpaired) electrons. The number of ether oxygens (including phenoxy) is 2. The summed E-state index contributed by atoms with van der Waals surface area (Å²) in [6, 6.07) is 13.5. The topological polar surface area (TPSA) is 90.6 Å². The predicted molar refractivity (Wildman–Crippen MR) is 107 cm³/mol. The molecule has 27 heavy (non-hydrogen) atoms. The molecule has 0 aromatic heterocycles. The average molecular weight is 413 g/mol. The number of nitrogens with two attached hydrogens (primary N) is 1. The van der Waals surface area contributed by atoms with Gasteiger partial charge in [0.15, 0.2) is 0 Å². The molecule has 1 aliphatic rings. The molecule has 1 saturated carbocycles. The maximum absolute atomic E-state index is 12.7. The SMILES string of the molecule is COc1ccc(Oc2ccc(S(=O)(=O)NC3(CN)CCCC3)cc2)cc1.Cl. The Labute approximate surface area is 166 Å². The Balaban J connectivity index is 0.00000261. The van der Waals surface area contributed by atoms with Gasteiger partial charge in [0.2, 0.25) is 10.0 Å². The Morgan fingerprint density at radius 1 is 0.963 bits per heavy atom. The van der Waals surface area contributed by atoms with E-state index in [0.29, 0.717) is 18.0 Å². The molecule has 3 rings (SSSR count). The largest absolute Gasteiger partial charge is 0.497 e. The fraction of sp³-hybridized carbons (Fsp3) is 0.368. The van der Waals surface area contributed by atoms with Crippen LogP contribution in [-0.4, -0.2) is 27.6 Å². The standard InChI is InChI=1S/C19H24N2O4S.ClH/c1-24-15-4-6-16(7-5-15)25-17-8-10-18(11-9-17)26(22,23)21-19(14-20)12-2-3-13-19;/h4-11,21H,2-3,12-14,20H2,1H3;1H. The van der Waals surface area contributed by atoms with Crippen LogP contribution in [0.3, 0.4) is 0 Å². The van der Waals surface area contributed by atoms with Crippen molar-refractivity contribution in [3.8, 4) is 17.2 Å². The molecular weight excluding hydrogens is 388 g/mol. The summed E-state index contributed by atoms with van der Waals surface area (Å²) in [6.07, 6.45) is 3.55. The molecule has 2 aromatic rings. The van der Waals surface area contributed by atoms with E-state index in [9.17, 15) is 8.42 Å². The number of benzene rings is 2. The van der Waals surface area contributed by atoms with Gasteiger partial charge in [0, 0.05) is 12.1 Å². The van der Waals surface area contributed by atoms with Gasteiger partial charge in [0.1, 0.15) is 17.2 Å². The van der Waals surface area contributed by atoms with E-state index in [1.165, 1.54) is 0 Å². The van der Waals surface area contributed by atoms with Crippen LogP contribution >= 0.6 is 12.4 Å². The second-order valence-electron chi connectivity index (χ2n) is 6.55. The van der Waals surface area contributed by atoms with Crippen LogP contribution < -0.4 is 19.9 Å². The van der Waals surface area contributed by atoms with Crippen LogP contribution in [0.2, 0.25) is 0 Å². The second kappa shape index (κ2) is 8.93. The molecule has 0 bridgehead atoms. The van der Waals surface area contributed by atoms with Gasteiger partial charge in [-0.3, -0.25) is 0 Å². The van der Waals surface area contributed by atoms with Gasteiger partial charge >= 0.3 is 0 Å². The van der Waals surface area contributed by atoms with Gasteiger partial charge in [0.05, 0.1) is 12.0 Å². The number of sulfonamides is 1. The fourth-order valence-corrected chi connectivity index (χ4v) is 4.68. The number of halogens is 1. The second-order valence-corrected chi connectivity index (χ2v) is 8.23. The molecule has 0 aliphatic heterocycles. The lowest BCUT2D eigenvalue weighted by molar-refractivity contribution is 0.399. The zero-order valence-electron chi connectivity index (χ0n) is 15.2. The number of nitrogens with one attached hydrogen (secondary N) is 1. The first kappa shape index (κ1) is 21.5. The Kier molecular flexibility index (Phi) is 7.11. The molecule has 2 aromatic carbocycles. The van der Waals surface area contributed by atoms with Crippen molar-refractivity contribution in [3.05, 3.63) is 48.5 Å². The average Bonchev–Trinajstić information content (AvgIpc) is 3.11. The zero-order valence-corrected chi connectivity index (χ0v) is 16.8. The van der Waals surface area contributed by atoms with E-state index in [4.69, 9.17) is 15.2 Å². The Bertz CT molecular complexity index is 833. The molecule has 0 atom stereocenters. The minimum atomic E-state index is -3.61. The minimum Gasteiger partial charge on any atom is -0.497 e. The quantitative estimate of drug-likeness (QED) is 0.726. The van der Waals surface area contributed by atoms with E-state index in [1.54, 1.807) is 55.6 Å². The van der Waals surface area contributed by atoms with Crippen LogP contribution in [0.1, 0.15) is 25.7 Å². The molecule has 8 heteroatoms. The summed E-state index contributed by atoms with van der Waals surface area (Å²) in [4.78, 5) is 0.208. The summed E-state index contributed by atoms with van der Waals surface area (Å²) in [6.45, 7) is 0.310. The van der Waals surface area contributed by atoms with Crippen LogP contribution in [0.25, 0.3) is 0 Å². The van der Waals surface area contributed by atoms with Gasteiger partial charge in [-0.1, -0.05) is 12.8 Å². The zero-order chi connectivity index (χ0) is 18.6. The monoisotopic (exact) mass is 412 g/mol. The summed E-state index contributed by atoms with van der Waals surface area (Å²) in [7, 11) is -2.01. The van der Waals surface area contributed by atoms with Gasteiger partial charge in [-0.05, 0) is 61.4 Å². The highest BCUT2D eigenvalue weighted by atomic mass is 35.5. The summed E-state index contributed by atoms with van der Waals surface area (Å²) in [5, 5.41) is 0. The summed E-state index contributed by atoms with van der Waals surface area (Å²) in [5.74, 6) is 1.95. The smallest absolute Gasteiger partial charge is 0.241 e. The van der Waals surface area contributed by atoms with Crippen molar-refractivity contribution in [2.45, 2.75) is 36.1 Å². The van der Waals surface area contributed by atoms with Gasteiger partial charge in [-0.25, -0.2) is 13.1 Å². The molecule has 1 fully saturated rings. The highest BCUT2D eigenvalue weighted by Crippen LogP contribution is 2.31. The van der Waals surface area contributed by atoms with Crippen molar-refractivity contribution in [2.75, 3.05) is 13.7 Å². The van der Waals surface area contributed by atoms with Crippen molar-refractivity contribution in [2.24, 2.45) is 5.73 Å². The van der Waals surface area contributed by atoms with E-state index in [-0.39, 0.29) is 17.3 Å². The normalized spacial score (nSPS) is 15.8. The molecule has 1 aliphatic carbocycles. The predicted octanol–water partition coefficient (Wildman–Crippen LogP) is 3.46. The fourth-order valence-electron chi connectivity index (χ4n) is 3.21. The van der Waals surface area contributed by atoms with E-state index in [0.717, 1.165) is 31.4 Å². The maximum Gasteiger partial charge on any atom is 0.241 e. The molecule has 0 spiro atoms. The van der Waals surface area contributed by atoms with Crippen LogP contribution in [0, 0.1) is 0 Å². The van der Waals surface area contributed by atoms with Crippen molar-refractivity contribution in [3.63, 3.8) is 0 Å². The van der Waals surface area contributed by atoms with Crippen LogP contribution in [-0.2, 0) is 10.0 Å². The van der Waals surface area contributed by atoms with Crippen LogP contribution in [0.15, 0.2) is 53.4 Å². The first-order valence-electron chi connectivity index (χ1n) is 8.62. The van der Waals surface area contributed by atoms with E-state index in [2.05, 4.69) is 4.72 Å². The van der Waals surface area contributed by atoms with Crippen LogP contribution in [0.5, 0.6) is 17.2 Å². The summed E-state index contributed by atoms with van der Waals surface area (Å²) in [5.41, 5.74) is 5.31. The van der Waals surface area contributed by atoms with Crippen molar-refractivity contribution in [1.82, 2.24) is 4.72 Å². The number of hydrogen-bond acceptors (Lipinski definition) is 5. The van der Waals surface area contributed by atoms with Gasteiger partial charge in [-0.15, -0.1) is 12.4 Å². The third-order valence-electron chi connectivity index (χ3n) is 4.73. The molecule has 0 unspecified atom stereocenters. The Morgan fingerprint density at radius 2 is 1.44 bits per heavy atom. The number of methoxy groups -OCH3 is 1. The maximum atomic E-state index is 12.7. The van der Waals surface area contributed by atoms with Crippen molar-refractivity contribution in [1.29, 1.82) is 0 Å². The van der Waals surface area contributed by atoms with Gasteiger partial charge in [0.25, 0.3) is 0 Å². The van der Waals surface area contributed by atoms with Crippen molar-refractivity contribution >= 4 is 22.4 Å². The minimum absolute atomic E-state index is 0. The molecule has 148 valence electrons. The third-order valence-corrected chi connectivity index (χ3v) is 6.33. The molecule has 6 nitrogen and oxygen atoms in total. The van der Waals surface area contributed by atoms with Gasteiger partial charge < -0.3 is 15.2 Å². The molecule has 0 saturated heterocycles. The van der Waals surface area contributed by atoms with E-state index >= 15 is 0 Å². The van der Waals surface area contributed by atoms with E-state index < -0.39 is 15.6 Å².